The summed E-state index contributed by atoms with van der Waals surface area (Å²) in [6, 6.07) is 1.47. The van der Waals surface area contributed by atoms with Crippen molar-refractivity contribution >= 4 is 56.1 Å². The first-order valence-corrected chi connectivity index (χ1v) is 5.87. The van der Waals surface area contributed by atoms with Gasteiger partial charge in [-0.3, -0.25) is 0 Å². The van der Waals surface area contributed by atoms with Crippen LogP contribution in [0, 0.1) is 5.82 Å². The second-order valence-corrected chi connectivity index (χ2v) is 4.56. The maximum atomic E-state index is 13.9. The van der Waals surface area contributed by atoms with Crippen molar-refractivity contribution in [2.45, 2.75) is 0 Å². The average molecular weight is 340 g/mol. The summed E-state index contributed by atoms with van der Waals surface area (Å²) in [5.41, 5.74) is 0.281. The SMILES string of the molecule is F/C=C\c1cc2c(Cl)nc(Cl)nc2c(F)c1Br. The lowest BCUT2D eigenvalue weighted by molar-refractivity contribution is 0.629. The Morgan fingerprint density at radius 1 is 1.29 bits per heavy atom. The van der Waals surface area contributed by atoms with Gasteiger partial charge in [0.2, 0.25) is 5.28 Å². The number of hydrogen-bond donors (Lipinski definition) is 0. The van der Waals surface area contributed by atoms with Gasteiger partial charge in [-0.05, 0) is 45.2 Å². The molecule has 0 N–H and O–H groups in total. The molecule has 17 heavy (non-hydrogen) atoms. The van der Waals surface area contributed by atoms with E-state index in [0.29, 0.717) is 11.9 Å². The summed E-state index contributed by atoms with van der Waals surface area (Å²) in [5.74, 6) is -0.665. The minimum absolute atomic E-state index is 0.0138. The summed E-state index contributed by atoms with van der Waals surface area (Å²) < 4.78 is 26.2. The molecule has 2 nitrogen and oxygen atoms in total. The Bertz CT molecular complexity index is 631. The maximum absolute atomic E-state index is 13.9. The van der Waals surface area contributed by atoms with Gasteiger partial charge in [0.05, 0.1) is 10.8 Å². The zero-order chi connectivity index (χ0) is 12.6. The number of benzene rings is 1. The fourth-order valence-electron chi connectivity index (χ4n) is 1.35. The van der Waals surface area contributed by atoms with E-state index in [1.54, 1.807) is 0 Å². The number of halogens is 5. The van der Waals surface area contributed by atoms with Crippen LogP contribution in [0.3, 0.4) is 0 Å². The first-order valence-electron chi connectivity index (χ1n) is 4.32. The first kappa shape index (κ1) is 12.7. The van der Waals surface area contributed by atoms with Crippen LogP contribution in [0.2, 0.25) is 10.4 Å². The molecule has 1 aromatic carbocycles. The number of aromatic nitrogens is 2. The molecule has 0 radical (unpaired) electrons. The Hall–Kier alpha value is -0.780. The molecule has 7 heteroatoms. The van der Waals surface area contributed by atoms with E-state index in [0.717, 1.165) is 6.08 Å². The Kier molecular flexibility index (Phi) is 3.61. The number of fused-ring (bicyclic) bond motifs is 1. The summed E-state index contributed by atoms with van der Waals surface area (Å²) in [6.07, 6.45) is 1.40. The molecule has 0 aliphatic carbocycles. The van der Waals surface area contributed by atoms with Gasteiger partial charge in [0.25, 0.3) is 0 Å². The van der Waals surface area contributed by atoms with Gasteiger partial charge in [0, 0.05) is 5.39 Å². The van der Waals surface area contributed by atoms with E-state index in [1.807, 2.05) is 0 Å². The van der Waals surface area contributed by atoms with E-state index in [2.05, 4.69) is 25.9 Å². The first-order chi connectivity index (χ1) is 8.04. The lowest BCUT2D eigenvalue weighted by atomic mass is 10.1. The van der Waals surface area contributed by atoms with E-state index in [1.165, 1.54) is 6.07 Å². The van der Waals surface area contributed by atoms with Crippen LogP contribution in [0.15, 0.2) is 16.9 Å². The van der Waals surface area contributed by atoms with Gasteiger partial charge >= 0.3 is 0 Å². The highest BCUT2D eigenvalue weighted by Crippen LogP contribution is 2.32. The van der Waals surface area contributed by atoms with Crippen LogP contribution in [0.4, 0.5) is 8.78 Å². The molecular weight excluding hydrogens is 337 g/mol. The summed E-state index contributed by atoms with van der Waals surface area (Å²) in [6.45, 7) is 0. The van der Waals surface area contributed by atoms with Crippen molar-refractivity contribution in [3.05, 3.63) is 38.7 Å². The van der Waals surface area contributed by atoms with Crippen molar-refractivity contribution < 1.29 is 8.78 Å². The predicted molar refractivity (Wildman–Crippen MR) is 67.4 cm³/mol. The maximum Gasteiger partial charge on any atom is 0.224 e. The fraction of sp³-hybridized carbons (Fsp3) is 0. The highest BCUT2D eigenvalue weighted by Gasteiger charge is 2.15. The molecular formula is C10H3BrCl2F2N2. The monoisotopic (exact) mass is 338 g/mol. The molecule has 0 spiro atoms. The Morgan fingerprint density at radius 2 is 2.00 bits per heavy atom. The minimum atomic E-state index is -0.665. The standard InChI is InChI=1S/C10H3BrCl2F2N2/c11-6-4(1-2-14)3-5-8(7(6)15)16-10(13)17-9(5)12/h1-3H/b2-1-. The third-order valence-electron chi connectivity index (χ3n) is 2.07. The molecule has 0 bridgehead atoms. The molecule has 0 unspecified atom stereocenters. The molecule has 1 aromatic heterocycles. The molecule has 2 rings (SSSR count). The third-order valence-corrected chi connectivity index (χ3v) is 3.33. The van der Waals surface area contributed by atoms with Crippen molar-refractivity contribution in [2.75, 3.05) is 0 Å². The van der Waals surface area contributed by atoms with Gasteiger partial charge in [-0.1, -0.05) is 11.6 Å². The van der Waals surface area contributed by atoms with Crippen molar-refractivity contribution in [3.8, 4) is 0 Å². The lowest BCUT2D eigenvalue weighted by Crippen LogP contribution is -1.93. The van der Waals surface area contributed by atoms with E-state index < -0.39 is 5.82 Å². The molecule has 0 aliphatic rings. The van der Waals surface area contributed by atoms with E-state index in [9.17, 15) is 8.78 Å². The van der Waals surface area contributed by atoms with Crippen LogP contribution < -0.4 is 0 Å². The van der Waals surface area contributed by atoms with E-state index in [4.69, 9.17) is 23.2 Å². The van der Waals surface area contributed by atoms with Gasteiger partial charge in [-0.15, -0.1) is 0 Å². The zero-order valence-electron chi connectivity index (χ0n) is 8.02. The van der Waals surface area contributed by atoms with Crippen molar-refractivity contribution in [1.29, 1.82) is 0 Å². The van der Waals surface area contributed by atoms with Crippen LogP contribution in [0.25, 0.3) is 17.0 Å². The topological polar surface area (TPSA) is 25.8 Å². The highest BCUT2D eigenvalue weighted by molar-refractivity contribution is 9.10. The van der Waals surface area contributed by atoms with Crippen LogP contribution >= 0.6 is 39.1 Å². The molecule has 0 atom stereocenters. The second kappa shape index (κ2) is 4.84. The smallest absolute Gasteiger partial charge is 0.216 e. The summed E-state index contributed by atoms with van der Waals surface area (Å²) >= 11 is 14.4. The minimum Gasteiger partial charge on any atom is -0.216 e. The Balaban J connectivity index is 2.90. The molecule has 2 aromatic rings. The number of hydrogen-bond acceptors (Lipinski definition) is 2. The largest absolute Gasteiger partial charge is 0.224 e. The predicted octanol–water partition coefficient (Wildman–Crippen LogP) is 4.78. The van der Waals surface area contributed by atoms with Crippen LogP contribution in [0.5, 0.6) is 0 Å². The van der Waals surface area contributed by atoms with Gasteiger partial charge in [0.1, 0.15) is 10.7 Å². The van der Waals surface area contributed by atoms with Crippen molar-refractivity contribution in [2.24, 2.45) is 0 Å². The second-order valence-electron chi connectivity index (χ2n) is 3.07. The molecule has 0 saturated carbocycles. The van der Waals surface area contributed by atoms with Gasteiger partial charge < -0.3 is 0 Å². The van der Waals surface area contributed by atoms with Gasteiger partial charge in [0.15, 0.2) is 5.82 Å². The quantitative estimate of drug-likeness (QED) is 0.552. The molecule has 88 valence electrons. The summed E-state index contributed by atoms with van der Waals surface area (Å²) in [5, 5.41) is 0.131. The normalized spacial score (nSPS) is 11.6. The van der Waals surface area contributed by atoms with E-state index >= 15 is 0 Å². The van der Waals surface area contributed by atoms with E-state index in [-0.39, 0.29) is 25.8 Å². The molecule has 0 saturated heterocycles. The van der Waals surface area contributed by atoms with Crippen LogP contribution in [0.1, 0.15) is 5.56 Å². The van der Waals surface area contributed by atoms with Gasteiger partial charge in [-0.25, -0.2) is 18.7 Å². The van der Waals surface area contributed by atoms with Gasteiger partial charge in [-0.2, -0.15) is 0 Å². The number of rotatable bonds is 1. The van der Waals surface area contributed by atoms with Crippen LogP contribution in [-0.4, -0.2) is 9.97 Å². The fourth-order valence-corrected chi connectivity index (χ4v) is 2.22. The average Bonchev–Trinajstić information content (AvgIpc) is 2.27. The summed E-state index contributed by atoms with van der Waals surface area (Å²) in [4.78, 5) is 7.44. The zero-order valence-corrected chi connectivity index (χ0v) is 11.1. The third kappa shape index (κ3) is 2.27. The Morgan fingerprint density at radius 3 is 2.65 bits per heavy atom. The van der Waals surface area contributed by atoms with Crippen LogP contribution in [-0.2, 0) is 0 Å². The highest BCUT2D eigenvalue weighted by atomic mass is 79.9. The lowest BCUT2D eigenvalue weighted by Gasteiger charge is -2.06. The van der Waals surface area contributed by atoms with Crippen molar-refractivity contribution in [1.82, 2.24) is 9.97 Å². The molecule has 0 amide bonds. The molecule has 0 fully saturated rings. The summed E-state index contributed by atoms with van der Waals surface area (Å²) in [7, 11) is 0. The van der Waals surface area contributed by atoms with Crippen molar-refractivity contribution in [3.63, 3.8) is 0 Å². The molecule has 0 aliphatic heterocycles. The Labute approximate surface area is 113 Å². The molecule has 1 heterocycles. The number of nitrogens with zero attached hydrogens (tertiary/aromatic N) is 2.